The van der Waals surface area contributed by atoms with Crippen LogP contribution in [0.4, 0.5) is 0 Å². The average Bonchev–Trinajstić information content (AvgIpc) is 3.48. The van der Waals surface area contributed by atoms with Gasteiger partial charge in [-0.05, 0) is 78.6 Å². The van der Waals surface area contributed by atoms with Gasteiger partial charge in [0.2, 0.25) is 0 Å². The molecule has 3 aromatic rings. The van der Waals surface area contributed by atoms with E-state index < -0.39 is 12.1 Å². The summed E-state index contributed by atoms with van der Waals surface area (Å²) in [5, 5.41) is 20.5. The lowest BCUT2D eigenvalue weighted by atomic mass is 9.85. The van der Waals surface area contributed by atoms with Crippen molar-refractivity contribution in [3.8, 4) is 11.5 Å². The van der Waals surface area contributed by atoms with Gasteiger partial charge in [-0.3, -0.25) is 0 Å². The molecule has 0 saturated carbocycles. The number of aromatic nitrogens is 1. The van der Waals surface area contributed by atoms with Crippen molar-refractivity contribution >= 4 is 12.0 Å². The van der Waals surface area contributed by atoms with Crippen LogP contribution in [-0.4, -0.2) is 35.0 Å². The molecule has 184 valence electrons. The number of carbonyl (C=O) groups is 1. The molecule has 0 amide bonds. The number of methoxy groups -OCH3 is 2. The molecule has 0 fully saturated rings. The molecule has 0 radical (unpaired) electrons. The first-order chi connectivity index (χ1) is 16.9. The van der Waals surface area contributed by atoms with Gasteiger partial charge in [0.25, 0.3) is 0 Å². The van der Waals surface area contributed by atoms with Crippen LogP contribution in [-0.2, 0) is 24.2 Å². The van der Waals surface area contributed by atoms with Gasteiger partial charge in [0.15, 0.2) is 0 Å². The molecule has 2 atom stereocenters. The Hall–Kier alpha value is -3.51. The fourth-order valence-corrected chi connectivity index (χ4v) is 5.21. The van der Waals surface area contributed by atoms with Crippen LogP contribution in [0, 0.1) is 18.8 Å². The molecule has 4 rings (SSSR count). The van der Waals surface area contributed by atoms with Crippen molar-refractivity contribution in [2.45, 2.75) is 38.8 Å². The molecule has 0 aliphatic heterocycles. The molecule has 35 heavy (non-hydrogen) atoms. The van der Waals surface area contributed by atoms with Gasteiger partial charge in [0, 0.05) is 36.5 Å². The van der Waals surface area contributed by atoms with E-state index in [9.17, 15) is 9.90 Å². The number of nitrogens with zero attached hydrogens (tertiary/aromatic N) is 1. The summed E-state index contributed by atoms with van der Waals surface area (Å²) in [4.78, 5) is 10.9. The van der Waals surface area contributed by atoms with E-state index >= 15 is 0 Å². The highest BCUT2D eigenvalue weighted by atomic mass is 16.5. The van der Waals surface area contributed by atoms with Crippen molar-refractivity contribution in [3.05, 3.63) is 88.8 Å². The van der Waals surface area contributed by atoms with Gasteiger partial charge >= 0.3 is 5.97 Å². The molecule has 6 nitrogen and oxygen atoms in total. The van der Waals surface area contributed by atoms with Crippen molar-refractivity contribution in [3.63, 3.8) is 0 Å². The molecule has 0 saturated heterocycles. The monoisotopic (exact) mass is 475 g/mol. The topological polar surface area (TPSA) is 80.9 Å². The van der Waals surface area contributed by atoms with Crippen LogP contribution in [0.3, 0.4) is 0 Å². The standard InChI is InChI=1S/C29H33NO5/c1-19-26(34-2)15-24(16-27(19)35-3)29(33)25(14-21-12-22-6-4-5-7-23(22)13-21)18-30-11-10-20(17-30)8-9-28(31)32/h4-11,15-17,21,25,29,33H,12-14,18H2,1-3H3,(H,31,32)/b9-8+/t25-,29-/m1/s1. The van der Waals surface area contributed by atoms with Crippen LogP contribution >= 0.6 is 0 Å². The van der Waals surface area contributed by atoms with E-state index in [1.165, 1.54) is 11.1 Å². The van der Waals surface area contributed by atoms with Crippen LogP contribution in [0.15, 0.2) is 60.9 Å². The number of rotatable bonds is 10. The van der Waals surface area contributed by atoms with E-state index in [1.54, 1.807) is 20.3 Å². The lowest BCUT2D eigenvalue weighted by Gasteiger charge is -2.27. The number of aliphatic carboxylic acids is 1. The zero-order chi connectivity index (χ0) is 24.9. The van der Waals surface area contributed by atoms with E-state index in [1.807, 2.05) is 42.1 Å². The van der Waals surface area contributed by atoms with Gasteiger partial charge in [-0.1, -0.05) is 24.3 Å². The van der Waals surface area contributed by atoms with E-state index in [0.29, 0.717) is 24.0 Å². The van der Waals surface area contributed by atoms with Gasteiger partial charge in [-0.25, -0.2) is 4.79 Å². The molecular formula is C29H33NO5. The fourth-order valence-electron chi connectivity index (χ4n) is 5.21. The van der Waals surface area contributed by atoms with Gasteiger partial charge in [0.05, 0.1) is 20.3 Å². The summed E-state index contributed by atoms with van der Waals surface area (Å²) in [6.07, 6.45) is 8.71. The Morgan fingerprint density at radius 3 is 2.31 bits per heavy atom. The summed E-state index contributed by atoms with van der Waals surface area (Å²) in [7, 11) is 3.24. The van der Waals surface area contributed by atoms with Crippen molar-refractivity contribution in [2.24, 2.45) is 11.8 Å². The normalized spacial score (nSPS) is 15.2. The Bertz CT molecular complexity index is 1160. The summed E-state index contributed by atoms with van der Waals surface area (Å²) < 4.78 is 13.1. The molecule has 1 aliphatic carbocycles. The number of hydrogen-bond acceptors (Lipinski definition) is 4. The molecule has 0 spiro atoms. The number of fused-ring (bicyclic) bond motifs is 1. The molecule has 1 heterocycles. The Morgan fingerprint density at radius 2 is 1.74 bits per heavy atom. The van der Waals surface area contributed by atoms with Crippen molar-refractivity contribution in [2.75, 3.05) is 14.2 Å². The van der Waals surface area contributed by atoms with Crippen LogP contribution < -0.4 is 9.47 Å². The first-order valence-corrected chi connectivity index (χ1v) is 11.9. The Balaban J connectivity index is 1.60. The lowest BCUT2D eigenvalue weighted by Crippen LogP contribution is -2.22. The van der Waals surface area contributed by atoms with E-state index in [4.69, 9.17) is 14.6 Å². The van der Waals surface area contributed by atoms with Gasteiger partial charge in [-0.15, -0.1) is 0 Å². The maximum Gasteiger partial charge on any atom is 0.328 e. The van der Waals surface area contributed by atoms with Crippen LogP contribution in [0.25, 0.3) is 6.08 Å². The Kier molecular flexibility index (Phi) is 7.61. The third kappa shape index (κ3) is 5.77. The summed E-state index contributed by atoms with van der Waals surface area (Å²) in [5.41, 5.74) is 5.27. The minimum atomic E-state index is -0.978. The predicted octanol–water partition coefficient (Wildman–Crippen LogP) is 5.07. The molecule has 0 bridgehead atoms. The number of ether oxygens (including phenoxy) is 2. The summed E-state index contributed by atoms with van der Waals surface area (Å²) in [6.45, 7) is 2.54. The highest BCUT2D eigenvalue weighted by molar-refractivity contribution is 5.85. The Morgan fingerprint density at radius 1 is 1.11 bits per heavy atom. The largest absolute Gasteiger partial charge is 0.496 e. The predicted molar refractivity (Wildman–Crippen MR) is 136 cm³/mol. The number of carboxylic acids is 1. The van der Waals surface area contributed by atoms with Crippen LogP contribution in [0.5, 0.6) is 11.5 Å². The second-order valence-electron chi connectivity index (χ2n) is 9.35. The summed E-state index contributed by atoms with van der Waals surface area (Å²) >= 11 is 0. The van der Waals surface area contributed by atoms with Gasteiger partial charge < -0.3 is 24.3 Å². The zero-order valence-corrected chi connectivity index (χ0v) is 20.5. The van der Waals surface area contributed by atoms with Gasteiger partial charge in [0.1, 0.15) is 11.5 Å². The zero-order valence-electron chi connectivity index (χ0n) is 20.5. The molecule has 1 aliphatic rings. The van der Waals surface area contributed by atoms with Crippen molar-refractivity contribution in [1.82, 2.24) is 4.57 Å². The summed E-state index contributed by atoms with van der Waals surface area (Å²) in [6, 6.07) is 14.2. The fraction of sp³-hybridized carbons (Fsp3) is 0.345. The molecule has 2 N–H and O–H groups in total. The quantitative estimate of drug-likeness (QED) is 0.400. The molecular weight excluding hydrogens is 442 g/mol. The van der Waals surface area contributed by atoms with Crippen LogP contribution in [0.2, 0.25) is 0 Å². The van der Waals surface area contributed by atoms with Gasteiger partial charge in [-0.2, -0.15) is 0 Å². The maximum absolute atomic E-state index is 11.6. The number of aliphatic hydroxyl groups excluding tert-OH is 1. The summed E-state index contributed by atoms with van der Waals surface area (Å²) in [5.74, 6) is 0.785. The highest BCUT2D eigenvalue weighted by Crippen LogP contribution is 2.39. The second kappa shape index (κ2) is 10.8. The minimum Gasteiger partial charge on any atom is -0.496 e. The molecule has 1 aromatic heterocycles. The van der Waals surface area contributed by atoms with Crippen LogP contribution in [0.1, 0.15) is 40.3 Å². The molecule has 6 heteroatoms. The number of hydrogen-bond donors (Lipinski definition) is 2. The maximum atomic E-state index is 11.6. The van der Waals surface area contributed by atoms with E-state index in [2.05, 4.69) is 24.3 Å². The van der Waals surface area contributed by atoms with Crippen molar-refractivity contribution < 1.29 is 24.5 Å². The highest BCUT2D eigenvalue weighted by Gasteiger charge is 2.30. The lowest BCUT2D eigenvalue weighted by molar-refractivity contribution is -0.131. The molecule has 2 aromatic carbocycles. The first-order valence-electron chi connectivity index (χ1n) is 11.9. The number of benzene rings is 2. The third-order valence-electron chi connectivity index (χ3n) is 6.97. The minimum absolute atomic E-state index is 0.0601. The van der Waals surface area contributed by atoms with E-state index in [0.717, 1.165) is 42.0 Å². The third-order valence-corrected chi connectivity index (χ3v) is 6.97. The number of carboxylic acid groups (broad SMARTS) is 1. The second-order valence-corrected chi connectivity index (χ2v) is 9.35. The first kappa shape index (κ1) is 24.6. The average molecular weight is 476 g/mol. The smallest absolute Gasteiger partial charge is 0.328 e. The Labute approximate surface area is 206 Å². The SMILES string of the molecule is COc1cc([C@@H](O)[C@H](CC2Cc3ccccc3C2)Cn2ccc(/C=C/C(=O)O)c2)cc(OC)c1C. The molecule has 0 unspecified atom stereocenters. The van der Waals surface area contributed by atoms with E-state index in [-0.39, 0.29) is 5.92 Å². The number of aliphatic hydroxyl groups is 1. The van der Waals surface area contributed by atoms with Crippen molar-refractivity contribution in [1.29, 1.82) is 0 Å².